The Morgan fingerprint density at radius 1 is 0.923 bits per heavy atom. The van der Waals surface area contributed by atoms with E-state index < -0.39 is 0 Å². The first kappa shape index (κ1) is 18.8. The minimum absolute atomic E-state index is 0.365. The van der Waals surface area contributed by atoms with Crippen molar-refractivity contribution in [3.05, 3.63) is 92.4 Å². The first-order valence-corrected chi connectivity index (χ1v) is 9.12. The van der Waals surface area contributed by atoms with E-state index in [9.17, 15) is 0 Å². The number of nitrogens with zero attached hydrogens (tertiary/aromatic N) is 1. The SMILES string of the molecule is Cc1c(Cl)cccc1N=Cc1cccc(OCc2ccc(Cl)cc2Cl)c1. The van der Waals surface area contributed by atoms with Crippen molar-refractivity contribution in [3.63, 3.8) is 0 Å². The minimum atomic E-state index is 0.365. The molecule has 26 heavy (non-hydrogen) atoms. The Hall–Kier alpha value is -2.00. The van der Waals surface area contributed by atoms with Crippen LogP contribution in [0.1, 0.15) is 16.7 Å². The van der Waals surface area contributed by atoms with Gasteiger partial charge in [-0.25, -0.2) is 0 Å². The number of hydrogen-bond acceptors (Lipinski definition) is 2. The highest BCUT2D eigenvalue weighted by atomic mass is 35.5. The van der Waals surface area contributed by atoms with Gasteiger partial charge in [0.2, 0.25) is 0 Å². The first-order valence-electron chi connectivity index (χ1n) is 7.99. The van der Waals surface area contributed by atoms with Gasteiger partial charge in [-0.05, 0) is 54.4 Å². The summed E-state index contributed by atoms with van der Waals surface area (Å²) in [6.45, 7) is 2.31. The molecular formula is C21H16Cl3NO. The highest BCUT2D eigenvalue weighted by Crippen LogP contribution is 2.26. The summed E-state index contributed by atoms with van der Waals surface area (Å²) in [7, 11) is 0. The molecule has 0 fully saturated rings. The maximum absolute atomic E-state index is 6.18. The van der Waals surface area contributed by atoms with Crippen LogP contribution in [0.5, 0.6) is 5.75 Å². The van der Waals surface area contributed by atoms with Crippen molar-refractivity contribution in [2.24, 2.45) is 4.99 Å². The van der Waals surface area contributed by atoms with Crippen molar-refractivity contribution in [1.82, 2.24) is 0 Å². The zero-order valence-electron chi connectivity index (χ0n) is 14.0. The van der Waals surface area contributed by atoms with Crippen molar-refractivity contribution >= 4 is 46.7 Å². The predicted molar refractivity (Wildman–Crippen MR) is 111 cm³/mol. The van der Waals surface area contributed by atoms with E-state index in [2.05, 4.69) is 4.99 Å². The molecule has 0 amide bonds. The molecule has 3 rings (SSSR count). The van der Waals surface area contributed by atoms with Crippen LogP contribution < -0.4 is 4.74 Å². The molecule has 0 saturated carbocycles. The normalized spacial score (nSPS) is 11.1. The molecule has 0 N–H and O–H groups in total. The highest BCUT2D eigenvalue weighted by molar-refractivity contribution is 6.35. The molecule has 0 aromatic heterocycles. The fourth-order valence-electron chi connectivity index (χ4n) is 2.36. The van der Waals surface area contributed by atoms with Crippen LogP contribution in [0.3, 0.4) is 0 Å². The van der Waals surface area contributed by atoms with Crippen LogP contribution in [0, 0.1) is 6.92 Å². The Kier molecular flexibility index (Phi) is 6.20. The quantitative estimate of drug-likeness (QED) is 0.409. The standard InChI is InChI=1S/C21H16Cl3NO/c1-14-19(23)6-3-7-21(14)25-12-15-4-2-5-18(10-15)26-13-16-8-9-17(22)11-20(16)24/h2-12H,13H2,1H3. The van der Waals surface area contributed by atoms with Gasteiger partial charge in [-0.3, -0.25) is 4.99 Å². The largest absolute Gasteiger partial charge is 0.489 e. The Morgan fingerprint density at radius 2 is 1.73 bits per heavy atom. The van der Waals surface area contributed by atoms with E-state index >= 15 is 0 Å². The predicted octanol–water partition coefficient (Wildman–Crippen LogP) is 7.28. The van der Waals surface area contributed by atoms with Crippen molar-refractivity contribution in [3.8, 4) is 5.75 Å². The summed E-state index contributed by atoms with van der Waals surface area (Å²) in [5.41, 5.74) is 3.61. The summed E-state index contributed by atoms with van der Waals surface area (Å²) < 4.78 is 5.84. The van der Waals surface area contributed by atoms with Crippen LogP contribution in [0.2, 0.25) is 15.1 Å². The molecule has 2 nitrogen and oxygen atoms in total. The van der Waals surface area contributed by atoms with Gasteiger partial charge in [-0.2, -0.15) is 0 Å². The summed E-state index contributed by atoms with van der Waals surface area (Å²) in [5.74, 6) is 0.739. The minimum Gasteiger partial charge on any atom is -0.489 e. The molecule has 0 unspecified atom stereocenters. The van der Waals surface area contributed by atoms with Crippen molar-refractivity contribution in [1.29, 1.82) is 0 Å². The van der Waals surface area contributed by atoms with E-state index in [0.29, 0.717) is 21.7 Å². The van der Waals surface area contributed by atoms with Gasteiger partial charge >= 0.3 is 0 Å². The van der Waals surface area contributed by atoms with Crippen LogP contribution >= 0.6 is 34.8 Å². The summed E-state index contributed by atoms with van der Waals surface area (Å²) >= 11 is 18.2. The zero-order valence-corrected chi connectivity index (χ0v) is 16.3. The fourth-order valence-corrected chi connectivity index (χ4v) is 3.00. The second kappa shape index (κ2) is 8.59. The molecule has 0 atom stereocenters. The molecule has 0 saturated heterocycles. The summed E-state index contributed by atoms with van der Waals surface area (Å²) in [6, 6.07) is 18.7. The van der Waals surface area contributed by atoms with Gasteiger partial charge in [-0.1, -0.05) is 59.1 Å². The maximum Gasteiger partial charge on any atom is 0.120 e. The van der Waals surface area contributed by atoms with Crippen LogP contribution in [-0.4, -0.2) is 6.21 Å². The molecule has 0 heterocycles. The lowest BCUT2D eigenvalue weighted by Gasteiger charge is -2.08. The molecule has 0 aliphatic rings. The Bertz CT molecular complexity index is 954. The summed E-state index contributed by atoms with van der Waals surface area (Å²) in [5, 5.41) is 1.90. The number of ether oxygens (including phenoxy) is 1. The van der Waals surface area contributed by atoms with Gasteiger partial charge in [0, 0.05) is 26.8 Å². The molecule has 0 spiro atoms. The fraction of sp³-hybridized carbons (Fsp3) is 0.0952. The second-order valence-corrected chi connectivity index (χ2v) is 6.99. The number of halogens is 3. The van der Waals surface area contributed by atoms with Crippen LogP contribution in [0.25, 0.3) is 0 Å². The van der Waals surface area contributed by atoms with E-state index in [4.69, 9.17) is 39.5 Å². The third kappa shape index (κ3) is 4.79. The van der Waals surface area contributed by atoms with Gasteiger partial charge < -0.3 is 4.74 Å². The smallest absolute Gasteiger partial charge is 0.120 e. The summed E-state index contributed by atoms with van der Waals surface area (Å²) in [6.07, 6.45) is 1.79. The van der Waals surface area contributed by atoms with Crippen LogP contribution in [0.4, 0.5) is 5.69 Å². The Balaban J connectivity index is 1.72. The van der Waals surface area contributed by atoms with Gasteiger partial charge in [0.05, 0.1) is 5.69 Å². The average molecular weight is 405 g/mol. The molecule has 5 heteroatoms. The molecule has 0 radical (unpaired) electrons. The molecule has 0 bridgehead atoms. The summed E-state index contributed by atoms with van der Waals surface area (Å²) in [4.78, 5) is 4.52. The lowest BCUT2D eigenvalue weighted by atomic mass is 10.2. The Morgan fingerprint density at radius 3 is 2.54 bits per heavy atom. The lowest BCUT2D eigenvalue weighted by molar-refractivity contribution is 0.306. The van der Waals surface area contributed by atoms with Gasteiger partial charge in [0.1, 0.15) is 12.4 Å². The third-order valence-corrected chi connectivity index (χ3v) is 4.86. The molecule has 3 aromatic carbocycles. The third-order valence-electron chi connectivity index (χ3n) is 3.86. The topological polar surface area (TPSA) is 21.6 Å². The number of rotatable bonds is 5. The monoisotopic (exact) mass is 403 g/mol. The van der Waals surface area contributed by atoms with E-state index in [0.717, 1.165) is 28.1 Å². The van der Waals surface area contributed by atoms with Crippen molar-refractivity contribution in [2.45, 2.75) is 13.5 Å². The number of benzene rings is 3. The van der Waals surface area contributed by atoms with Gasteiger partial charge in [0.25, 0.3) is 0 Å². The lowest BCUT2D eigenvalue weighted by Crippen LogP contribution is -1.96. The maximum atomic E-state index is 6.18. The van der Waals surface area contributed by atoms with Crippen LogP contribution in [0.15, 0.2) is 65.7 Å². The second-order valence-electron chi connectivity index (χ2n) is 5.74. The molecule has 3 aromatic rings. The van der Waals surface area contributed by atoms with E-state index in [1.165, 1.54) is 0 Å². The molecule has 0 aliphatic carbocycles. The van der Waals surface area contributed by atoms with Crippen molar-refractivity contribution in [2.75, 3.05) is 0 Å². The molecular weight excluding hydrogens is 389 g/mol. The number of hydrogen-bond donors (Lipinski definition) is 0. The van der Waals surface area contributed by atoms with E-state index in [-0.39, 0.29) is 0 Å². The van der Waals surface area contributed by atoms with E-state index in [1.54, 1.807) is 18.3 Å². The highest BCUT2D eigenvalue weighted by Gasteiger charge is 2.03. The van der Waals surface area contributed by atoms with Gasteiger partial charge in [-0.15, -0.1) is 0 Å². The molecule has 132 valence electrons. The first-order chi connectivity index (χ1) is 12.5. The Labute approximate surface area is 168 Å². The number of aliphatic imine (C=N–C) groups is 1. The molecule has 0 aliphatic heterocycles. The van der Waals surface area contributed by atoms with Gasteiger partial charge in [0.15, 0.2) is 0 Å². The van der Waals surface area contributed by atoms with Crippen LogP contribution in [-0.2, 0) is 6.61 Å². The van der Waals surface area contributed by atoms with E-state index in [1.807, 2.05) is 55.5 Å². The zero-order chi connectivity index (χ0) is 18.5. The average Bonchev–Trinajstić information content (AvgIpc) is 2.63. The van der Waals surface area contributed by atoms with Crippen molar-refractivity contribution < 1.29 is 4.74 Å².